The number of amides is 2. The van der Waals surface area contributed by atoms with E-state index in [2.05, 4.69) is 16.6 Å². The molecular formula is C21H15FN2O3. The Morgan fingerprint density at radius 3 is 2.52 bits per heavy atom. The number of hydrogen-bond acceptors (Lipinski definition) is 3. The number of carbonyl (C=O) groups excluding carboxylic acids is 2. The van der Waals surface area contributed by atoms with Gasteiger partial charge in [-0.1, -0.05) is 30.2 Å². The topological polar surface area (TPSA) is 71.3 Å². The van der Waals surface area contributed by atoms with E-state index in [4.69, 9.17) is 10.8 Å². The van der Waals surface area contributed by atoms with Gasteiger partial charge in [0.2, 0.25) is 0 Å². The fourth-order valence-electron chi connectivity index (χ4n) is 2.47. The van der Waals surface area contributed by atoms with Crippen LogP contribution >= 0.6 is 0 Å². The largest absolute Gasteiger partial charge is 0.451 e. The predicted molar refractivity (Wildman–Crippen MR) is 99.7 cm³/mol. The van der Waals surface area contributed by atoms with E-state index in [1.807, 2.05) is 0 Å². The average molecular weight is 362 g/mol. The number of rotatable bonds is 5. The first-order valence-corrected chi connectivity index (χ1v) is 8.07. The van der Waals surface area contributed by atoms with Crippen molar-refractivity contribution in [3.63, 3.8) is 0 Å². The number of benzene rings is 2. The number of furan rings is 1. The molecule has 0 saturated carbocycles. The van der Waals surface area contributed by atoms with E-state index in [1.54, 1.807) is 42.5 Å². The quantitative estimate of drug-likeness (QED) is 0.680. The van der Waals surface area contributed by atoms with Gasteiger partial charge in [-0.2, -0.15) is 0 Å². The monoisotopic (exact) mass is 362 g/mol. The molecule has 0 saturated heterocycles. The fraction of sp³-hybridized carbons (Fsp3) is 0.0476. The number of anilines is 1. The molecule has 0 bridgehead atoms. The molecule has 0 aliphatic carbocycles. The summed E-state index contributed by atoms with van der Waals surface area (Å²) in [6, 6.07) is 15.6. The zero-order valence-corrected chi connectivity index (χ0v) is 14.2. The second-order valence-electron chi connectivity index (χ2n) is 5.53. The van der Waals surface area contributed by atoms with Gasteiger partial charge >= 0.3 is 0 Å². The third kappa shape index (κ3) is 4.05. The van der Waals surface area contributed by atoms with Crippen LogP contribution < -0.4 is 10.6 Å². The zero-order valence-electron chi connectivity index (χ0n) is 14.2. The van der Waals surface area contributed by atoms with Gasteiger partial charge < -0.3 is 15.1 Å². The molecule has 134 valence electrons. The van der Waals surface area contributed by atoms with Crippen molar-refractivity contribution in [1.29, 1.82) is 0 Å². The lowest BCUT2D eigenvalue weighted by molar-refractivity contribution is 0.0959. The van der Waals surface area contributed by atoms with Crippen LogP contribution in [0, 0.1) is 18.2 Å². The highest BCUT2D eigenvalue weighted by molar-refractivity contribution is 6.08. The maximum Gasteiger partial charge on any atom is 0.291 e. The summed E-state index contributed by atoms with van der Waals surface area (Å²) in [7, 11) is 0. The van der Waals surface area contributed by atoms with Gasteiger partial charge in [0.1, 0.15) is 11.6 Å². The second kappa shape index (κ2) is 8.02. The van der Waals surface area contributed by atoms with Crippen molar-refractivity contribution in [1.82, 2.24) is 5.32 Å². The molecule has 0 aliphatic rings. The third-order valence-electron chi connectivity index (χ3n) is 3.74. The number of halogens is 1. The molecule has 0 fully saturated rings. The summed E-state index contributed by atoms with van der Waals surface area (Å²) in [5.41, 5.74) is 0.827. The Morgan fingerprint density at radius 1 is 1.00 bits per heavy atom. The van der Waals surface area contributed by atoms with Crippen molar-refractivity contribution in [2.24, 2.45) is 0 Å². The van der Waals surface area contributed by atoms with Crippen LogP contribution in [0.25, 0.3) is 11.3 Å². The highest BCUT2D eigenvalue weighted by Gasteiger charge is 2.17. The van der Waals surface area contributed by atoms with E-state index in [9.17, 15) is 14.0 Å². The average Bonchev–Trinajstić information content (AvgIpc) is 3.17. The van der Waals surface area contributed by atoms with E-state index in [1.165, 1.54) is 18.2 Å². The van der Waals surface area contributed by atoms with Crippen molar-refractivity contribution < 1.29 is 18.4 Å². The lowest BCUT2D eigenvalue weighted by atomic mass is 10.1. The predicted octanol–water partition coefficient (Wildman–Crippen LogP) is 3.70. The maximum absolute atomic E-state index is 13.9. The SMILES string of the molecule is C#CCNC(=O)c1ccccc1NC(=O)c1ccc(-c2ccccc2F)o1. The smallest absolute Gasteiger partial charge is 0.291 e. The molecule has 2 amide bonds. The van der Waals surface area contributed by atoms with Crippen LogP contribution in [0.3, 0.4) is 0 Å². The van der Waals surface area contributed by atoms with Gasteiger partial charge in [0.25, 0.3) is 11.8 Å². The molecule has 0 unspecified atom stereocenters. The van der Waals surface area contributed by atoms with Crippen LogP contribution in [0.4, 0.5) is 10.1 Å². The van der Waals surface area contributed by atoms with Gasteiger partial charge in [-0.15, -0.1) is 6.42 Å². The van der Waals surface area contributed by atoms with Gasteiger partial charge in [-0.3, -0.25) is 9.59 Å². The lowest BCUT2D eigenvalue weighted by Gasteiger charge is -2.09. The summed E-state index contributed by atoms with van der Waals surface area (Å²) < 4.78 is 19.3. The minimum atomic E-state index is -0.560. The summed E-state index contributed by atoms with van der Waals surface area (Å²) in [4.78, 5) is 24.6. The fourth-order valence-corrected chi connectivity index (χ4v) is 2.47. The van der Waals surface area contributed by atoms with Crippen molar-refractivity contribution in [2.75, 3.05) is 11.9 Å². The Labute approximate surface area is 155 Å². The van der Waals surface area contributed by atoms with Crippen molar-refractivity contribution >= 4 is 17.5 Å². The minimum absolute atomic E-state index is 0.00732. The molecule has 2 N–H and O–H groups in total. The van der Waals surface area contributed by atoms with E-state index in [-0.39, 0.29) is 29.2 Å². The van der Waals surface area contributed by atoms with Gasteiger partial charge in [-0.05, 0) is 36.4 Å². The molecule has 3 aromatic rings. The normalized spacial score (nSPS) is 10.1. The van der Waals surface area contributed by atoms with E-state index < -0.39 is 17.6 Å². The Morgan fingerprint density at radius 2 is 1.74 bits per heavy atom. The summed E-state index contributed by atoms with van der Waals surface area (Å²) >= 11 is 0. The van der Waals surface area contributed by atoms with Crippen molar-refractivity contribution in [3.05, 3.63) is 77.8 Å². The first kappa shape index (κ1) is 18.0. The Kier molecular flexibility index (Phi) is 5.33. The van der Waals surface area contributed by atoms with Crippen LogP contribution in [0.5, 0.6) is 0 Å². The zero-order chi connectivity index (χ0) is 19.2. The van der Waals surface area contributed by atoms with Gasteiger partial charge in [0.15, 0.2) is 5.76 Å². The molecule has 3 rings (SSSR count). The number of hydrogen-bond donors (Lipinski definition) is 2. The number of terminal acetylenes is 1. The van der Waals surface area contributed by atoms with Crippen LogP contribution in [-0.4, -0.2) is 18.4 Å². The number of carbonyl (C=O) groups is 2. The number of para-hydroxylation sites is 1. The molecule has 1 aromatic heterocycles. The molecule has 27 heavy (non-hydrogen) atoms. The van der Waals surface area contributed by atoms with Gasteiger partial charge in [-0.25, -0.2) is 4.39 Å². The summed E-state index contributed by atoms with van der Waals surface area (Å²) in [5.74, 6) is 1.12. The lowest BCUT2D eigenvalue weighted by Crippen LogP contribution is -2.25. The van der Waals surface area contributed by atoms with E-state index >= 15 is 0 Å². The highest BCUT2D eigenvalue weighted by atomic mass is 19.1. The molecule has 6 heteroatoms. The van der Waals surface area contributed by atoms with Crippen molar-refractivity contribution in [2.45, 2.75) is 0 Å². The van der Waals surface area contributed by atoms with E-state index in [0.29, 0.717) is 5.69 Å². The molecule has 0 aliphatic heterocycles. The van der Waals surface area contributed by atoms with Crippen LogP contribution in [0.2, 0.25) is 0 Å². The maximum atomic E-state index is 13.9. The molecule has 2 aromatic carbocycles. The number of nitrogens with one attached hydrogen (secondary N) is 2. The molecule has 5 nitrogen and oxygen atoms in total. The van der Waals surface area contributed by atoms with E-state index in [0.717, 1.165) is 0 Å². The second-order valence-corrected chi connectivity index (χ2v) is 5.53. The van der Waals surface area contributed by atoms with Gasteiger partial charge in [0.05, 0.1) is 23.4 Å². The minimum Gasteiger partial charge on any atom is -0.451 e. The molecule has 1 heterocycles. The first-order valence-electron chi connectivity index (χ1n) is 8.07. The molecule has 0 radical (unpaired) electrons. The summed E-state index contributed by atoms with van der Waals surface area (Å²) in [6.07, 6.45) is 5.14. The van der Waals surface area contributed by atoms with Crippen LogP contribution in [0.15, 0.2) is 65.1 Å². The van der Waals surface area contributed by atoms with Crippen LogP contribution in [0.1, 0.15) is 20.9 Å². The molecule has 0 atom stereocenters. The Bertz CT molecular complexity index is 1030. The summed E-state index contributed by atoms with van der Waals surface area (Å²) in [6.45, 7) is 0.0747. The standard InChI is InChI=1S/C21H15FN2O3/c1-2-13-23-20(25)15-8-4-6-10-17(15)24-21(26)19-12-11-18(27-19)14-7-3-5-9-16(14)22/h1,3-12H,13H2,(H,23,25)(H,24,26). The molecular weight excluding hydrogens is 347 g/mol. The Hall–Kier alpha value is -3.85. The highest BCUT2D eigenvalue weighted by Crippen LogP contribution is 2.25. The Balaban J connectivity index is 1.80. The van der Waals surface area contributed by atoms with Crippen molar-refractivity contribution in [3.8, 4) is 23.7 Å². The first-order chi connectivity index (χ1) is 13.1. The molecule has 0 spiro atoms. The third-order valence-corrected chi connectivity index (χ3v) is 3.74. The van der Waals surface area contributed by atoms with Crippen LogP contribution in [-0.2, 0) is 0 Å². The summed E-state index contributed by atoms with van der Waals surface area (Å²) in [5, 5.41) is 5.17. The van der Waals surface area contributed by atoms with Gasteiger partial charge in [0, 0.05) is 0 Å².